The summed E-state index contributed by atoms with van der Waals surface area (Å²) < 4.78 is 0. The van der Waals surface area contributed by atoms with E-state index in [1.54, 1.807) is 0 Å². The van der Waals surface area contributed by atoms with Gasteiger partial charge in [0.05, 0.1) is 0 Å². The van der Waals surface area contributed by atoms with E-state index in [2.05, 4.69) is 18.8 Å². The summed E-state index contributed by atoms with van der Waals surface area (Å²) in [7, 11) is 0. The van der Waals surface area contributed by atoms with Gasteiger partial charge in [0.25, 0.3) is 5.91 Å². The topological polar surface area (TPSA) is 63.3 Å². The maximum Gasteiger partial charge on any atom is 0.293 e. The molecule has 0 aromatic heterocycles. The van der Waals surface area contributed by atoms with Crippen molar-refractivity contribution in [2.45, 2.75) is 58.0 Å². The van der Waals surface area contributed by atoms with Crippen molar-refractivity contribution in [3.8, 4) is 11.8 Å². The Bertz CT molecular complexity index is 228. The van der Waals surface area contributed by atoms with Crippen LogP contribution in [0.3, 0.4) is 0 Å². The minimum absolute atomic E-state index is 0.631. The molecule has 3 heteroatoms. The number of aliphatic hydroxyl groups is 1. The number of carbonyl (C=O) groups excluding carboxylic acids is 1. The van der Waals surface area contributed by atoms with E-state index < -0.39 is 12.0 Å². The molecule has 1 atom stereocenters. The monoisotopic (exact) mass is 211 g/mol. The maximum atomic E-state index is 10.3. The third-order valence-corrected chi connectivity index (χ3v) is 2.19. The fraction of sp³-hybridized carbons (Fsp3) is 0.750. The number of rotatable bonds is 7. The van der Waals surface area contributed by atoms with Crippen molar-refractivity contribution in [1.82, 2.24) is 0 Å². The Balaban J connectivity index is 3.36. The third-order valence-electron chi connectivity index (χ3n) is 2.19. The first kappa shape index (κ1) is 14.0. The van der Waals surface area contributed by atoms with Crippen molar-refractivity contribution in [3.05, 3.63) is 0 Å². The third kappa shape index (κ3) is 10.9. The molecule has 0 aromatic rings. The lowest BCUT2D eigenvalue weighted by molar-refractivity contribution is -0.112. The number of hydrogen-bond acceptors (Lipinski definition) is 2. The van der Waals surface area contributed by atoms with Gasteiger partial charge in [-0.05, 0) is 18.8 Å². The number of hydrogen-bond donors (Lipinski definition) is 2. The highest BCUT2D eigenvalue weighted by Gasteiger charge is 1.98. The van der Waals surface area contributed by atoms with Crippen LogP contribution < -0.4 is 5.73 Å². The number of carbonyl (C=O) groups is 1. The minimum Gasteiger partial charge on any atom is -0.380 e. The van der Waals surface area contributed by atoms with Crippen LogP contribution in [0, 0.1) is 11.8 Å². The molecular weight excluding hydrogens is 190 g/mol. The molecule has 1 amide bonds. The molecule has 3 nitrogen and oxygen atoms in total. The molecule has 0 bridgehead atoms. The highest BCUT2D eigenvalue weighted by Crippen LogP contribution is 2.08. The average molecular weight is 211 g/mol. The molecule has 0 aliphatic carbocycles. The van der Waals surface area contributed by atoms with Crippen molar-refractivity contribution >= 4 is 5.91 Å². The normalized spacial score (nSPS) is 11.6. The van der Waals surface area contributed by atoms with Gasteiger partial charge in [0.15, 0.2) is 0 Å². The molecule has 0 unspecified atom stereocenters. The number of nitrogens with two attached hydrogens (primary N) is 1. The second-order valence-electron chi connectivity index (χ2n) is 3.71. The molecule has 0 saturated heterocycles. The lowest BCUT2D eigenvalue weighted by Gasteiger charge is -2.02. The van der Waals surface area contributed by atoms with Crippen LogP contribution in [0.4, 0.5) is 0 Å². The summed E-state index contributed by atoms with van der Waals surface area (Å²) in [4.78, 5) is 10.3. The van der Waals surface area contributed by atoms with E-state index in [4.69, 9.17) is 5.73 Å². The molecule has 0 aliphatic heterocycles. The van der Waals surface area contributed by atoms with Gasteiger partial charge in [-0.3, -0.25) is 4.79 Å². The van der Waals surface area contributed by atoms with Gasteiger partial charge in [0.2, 0.25) is 0 Å². The number of aliphatic hydroxyl groups excluding tert-OH is 1. The Labute approximate surface area is 92.0 Å². The first-order valence-corrected chi connectivity index (χ1v) is 5.66. The van der Waals surface area contributed by atoms with Crippen molar-refractivity contribution < 1.29 is 9.90 Å². The van der Waals surface area contributed by atoms with Crippen molar-refractivity contribution in [1.29, 1.82) is 0 Å². The van der Waals surface area contributed by atoms with Crippen LogP contribution in [0.15, 0.2) is 0 Å². The van der Waals surface area contributed by atoms with Gasteiger partial charge in [0, 0.05) is 0 Å². The van der Waals surface area contributed by atoms with Crippen molar-refractivity contribution in [2.75, 3.05) is 0 Å². The predicted molar refractivity (Wildman–Crippen MR) is 61.0 cm³/mol. The van der Waals surface area contributed by atoms with Crippen LogP contribution >= 0.6 is 0 Å². The highest BCUT2D eigenvalue weighted by molar-refractivity contribution is 5.91. The Morgan fingerprint density at radius 1 is 1.27 bits per heavy atom. The molecule has 0 heterocycles. The number of primary amides is 1. The Morgan fingerprint density at radius 2 is 1.87 bits per heavy atom. The van der Waals surface area contributed by atoms with E-state index in [1.165, 1.54) is 25.7 Å². The maximum absolute atomic E-state index is 10.3. The Kier molecular flexibility index (Phi) is 8.90. The van der Waals surface area contributed by atoms with Gasteiger partial charge in [-0.2, -0.15) is 0 Å². The lowest BCUT2D eigenvalue weighted by atomic mass is 10.1. The lowest BCUT2D eigenvalue weighted by Crippen LogP contribution is -2.09. The van der Waals surface area contributed by atoms with Gasteiger partial charge in [0.1, 0.15) is 6.10 Å². The molecular formula is C12H21NO2. The SMILES string of the molecule is CCCCCCCC[C@H](O)C#CC(N)=O. The Morgan fingerprint density at radius 3 is 2.47 bits per heavy atom. The highest BCUT2D eigenvalue weighted by atomic mass is 16.3. The molecule has 86 valence electrons. The van der Waals surface area contributed by atoms with Gasteiger partial charge in [-0.15, -0.1) is 0 Å². The van der Waals surface area contributed by atoms with Gasteiger partial charge in [-0.1, -0.05) is 44.9 Å². The van der Waals surface area contributed by atoms with E-state index in [9.17, 15) is 9.90 Å². The summed E-state index contributed by atoms with van der Waals surface area (Å²) in [6, 6.07) is 0. The first-order valence-electron chi connectivity index (χ1n) is 5.66. The smallest absolute Gasteiger partial charge is 0.293 e. The van der Waals surface area contributed by atoms with Gasteiger partial charge >= 0.3 is 0 Å². The van der Waals surface area contributed by atoms with Crippen LogP contribution in [0.5, 0.6) is 0 Å². The van der Waals surface area contributed by atoms with Crippen LogP contribution in [-0.2, 0) is 4.79 Å². The summed E-state index contributed by atoms with van der Waals surface area (Å²) in [6.45, 7) is 2.18. The molecule has 15 heavy (non-hydrogen) atoms. The molecule has 0 fully saturated rings. The van der Waals surface area contributed by atoms with Crippen LogP contribution in [0.2, 0.25) is 0 Å². The Hall–Kier alpha value is -1.01. The van der Waals surface area contributed by atoms with Crippen LogP contribution in [0.1, 0.15) is 51.9 Å². The molecule has 0 aromatic carbocycles. The van der Waals surface area contributed by atoms with E-state index >= 15 is 0 Å². The predicted octanol–water partition coefficient (Wildman–Crippen LogP) is 1.59. The summed E-state index contributed by atoms with van der Waals surface area (Å²) in [5, 5.41) is 9.32. The zero-order valence-corrected chi connectivity index (χ0v) is 9.46. The molecule has 3 N–H and O–H groups in total. The van der Waals surface area contributed by atoms with E-state index in [-0.39, 0.29) is 0 Å². The van der Waals surface area contributed by atoms with E-state index in [1.807, 2.05) is 0 Å². The quantitative estimate of drug-likeness (QED) is 0.496. The molecule has 0 spiro atoms. The van der Waals surface area contributed by atoms with Crippen molar-refractivity contribution in [2.24, 2.45) is 5.73 Å². The van der Waals surface area contributed by atoms with E-state index in [0.717, 1.165) is 12.8 Å². The molecule has 0 saturated carbocycles. The van der Waals surface area contributed by atoms with Crippen molar-refractivity contribution in [3.63, 3.8) is 0 Å². The first-order chi connectivity index (χ1) is 7.16. The van der Waals surface area contributed by atoms with E-state index in [0.29, 0.717) is 6.42 Å². The summed E-state index contributed by atoms with van der Waals surface area (Å²) in [6.07, 6.45) is 7.00. The second kappa shape index (κ2) is 9.54. The van der Waals surface area contributed by atoms with Crippen LogP contribution in [-0.4, -0.2) is 17.1 Å². The zero-order chi connectivity index (χ0) is 11.5. The standard InChI is InChI=1S/C12H21NO2/c1-2-3-4-5-6-7-8-11(14)9-10-12(13)15/h11,14H,2-8H2,1H3,(H2,13,15)/t11-/m0/s1. The minimum atomic E-state index is -0.705. The molecule has 0 rings (SSSR count). The fourth-order valence-corrected chi connectivity index (χ4v) is 1.34. The summed E-state index contributed by atoms with van der Waals surface area (Å²) >= 11 is 0. The number of unbranched alkanes of at least 4 members (excludes halogenated alkanes) is 5. The largest absolute Gasteiger partial charge is 0.380 e. The van der Waals surface area contributed by atoms with Crippen LogP contribution in [0.25, 0.3) is 0 Å². The van der Waals surface area contributed by atoms with Gasteiger partial charge < -0.3 is 10.8 Å². The number of amides is 1. The summed E-state index contributed by atoms with van der Waals surface area (Å²) in [5.74, 6) is 3.88. The average Bonchev–Trinajstić information content (AvgIpc) is 2.20. The van der Waals surface area contributed by atoms with Gasteiger partial charge in [-0.25, -0.2) is 0 Å². The molecule has 0 radical (unpaired) electrons. The summed E-state index contributed by atoms with van der Waals surface area (Å²) in [5.41, 5.74) is 4.83. The zero-order valence-electron chi connectivity index (χ0n) is 9.46. The molecule has 0 aliphatic rings. The fourth-order valence-electron chi connectivity index (χ4n) is 1.34. The second-order valence-corrected chi connectivity index (χ2v) is 3.71.